The summed E-state index contributed by atoms with van der Waals surface area (Å²) in [7, 11) is 0. The lowest BCUT2D eigenvalue weighted by molar-refractivity contribution is 0.290. The Hall–Kier alpha value is -0.740. The van der Waals surface area contributed by atoms with Crippen LogP contribution < -0.4 is 5.73 Å². The van der Waals surface area contributed by atoms with Gasteiger partial charge in [0.2, 0.25) is 0 Å². The minimum absolute atomic E-state index is 0.139. The Labute approximate surface area is 115 Å². The first-order valence-corrected chi connectivity index (χ1v) is 6.71. The van der Waals surface area contributed by atoms with E-state index in [4.69, 9.17) is 17.3 Å². The molecule has 1 aromatic carbocycles. The Morgan fingerprint density at radius 1 is 1.53 bits per heavy atom. The molecule has 0 saturated heterocycles. The van der Waals surface area contributed by atoms with Crippen LogP contribution in [0.1, 0.15) is 25.5 Å². The van der Waals surface area contributed by atoms with E-state index in [1.807, 2.05) is 18.2 Å². The molecule has 2 N–H and O–H groups in total. The van der Waals surface area contributed by atoms with Crippen LogP contribution in [-0.2, 0) is 0 Å². The minimum Gasteiger partial charge on any atom is -0.370 e. The van der Waals surface area contributed by atoms with Crippen molar-refractivity contribution in [3.05, 3.63) is 33.3 Å². The lowest BCUT2D eigenvalue weighted by atomic mass is 10.1. The van der Waals surface area contributed by atoms with Crippen molar-refractivity contribution < 1.29 is 0 Å². The first kappa shape index (κ1) is 12.7. The second-order valence-corrected chi connectivity index (χ2v) is 5.70. The Balaban J connectivity index is 2.37. The van der Waals surface area contributed by atoms with Crippen LogP contribution in [0.5, 0.6) is 0 Å². The third kappa shape index (κ3) is 2.43. The SMILES string of the molecule is CC(C)N1C(N)=NCC1c1cc(Br)ccc1Cl. The van der Waals surface area contributed by atoms with Crippen molar-refractivity contribution in [1.82, 2.24) is 4.90 Å². The predicted octanol–water partition coefficient (Wildman–Crippen LogP) is 3.18. The molecule has 5 heteroatoms. The van der Waals surface area contributed by atoms with Gasteiger partial charge >= 0.3 is 0 Å². The number of hydrogen-bond acceptors (Lipinski definition) is 3. The minimum atomic E-state index is 0.139. The van der Waals surface area contributed by atoms with E-state index in [9.17, 15) is 0 Å². The number of nitrogens with zero attached hydrogens (tertiary/aromatic N) is 2. The molecule has 0 radical (unpaired) electrons. The summed E-state index contributed by atoms with van der Waals surface area (Å²) in [5, 5.41) is 0.758. The van der Waals surface area contributed by atoms with Crippen LogP contribution in [0.4, 0.5) is 0 Å². The number of benzene rings is 1. The molecule has 92 valence electrons. The highest BCUT2D eigenvalue weighted by atomic mass is 79.9. The maximum Gasteiger partial charge on any atom is 0.192 e. The zero-order chi connectivity index (χ0) is 12.6. The summed E-state index contributed by atoms with van der Waals surface area (Å²) >= 11 is 9.72. The number of rotatable bonds is 2. The van der Waals surface area contributed by atoms with E-state index in [-0.39, 0.29) is 6.04 Å². The lowest BCUT2D eigenvalue weighted by Gasteiger charge is -2.30. The molecule has 0 fully saturated rings. The van der Waals surface area contributed by atoms with Crippen molar-refractivity contribution in [1.29, 1.82) is 0 Å². The van der Waals surface area contributed by atoms with E-state index in [0.29, 0.717) is 18.5 Å². The van der Waals surface area contributed by atoms with Crippen LogP contribution in [0.15, 0.2) is 27.7 Å². The van der Waals surface area contributed by atoms with E-state index in [2.05, 4.69) is 39.7 Å². The van der Waals surface area contributed by atoms with Gasteiger partial charge in [-0.1, -0.05) is 27.5 Å². The molecule has 1 aliphatic heterocycles. The average Bonchev–Trinajstić information content (AvgIpc) is 2.64. The molecule has 0 bridgehead atoms. The van der Waals surface area contributed by atoms with Gasteiger partial charge in [-0.25, -0.2) is 0 Å². The fourth-order valence-corrected chi connectivity index (χ4v) is 2.77. The third-order valence-corrected chi connectivity index (χ3v) is 3.74. The highest BCUT2D eigenvalue weighted by Gasteiger charge is 2.30. The van der Waals surface area contributed by atoms with Crippen molar-refractivity contribution in [2.45, 2.75) is 25.9 Å². The zero-order valence-electron chi connectivity index (χ0n) is 9.82. The highest BCUT2D eigenvalue weighted by molar-refractivity contribution is 9.10. The van der Waals surface area contributed by atoms with Gasteiger partial charge in [0, 0.05) is 15.5 Å². The maximum atomic E-state index is 6.25. The van der Waals surface area contributed by atoms with Crippen molar-refractivity contribution in [3.63, 3.8) is 0 Å². The van der Waals surface area contributed by atoms with E-state index in [1.165, 1.54) is 0 Å². The van der Waals surface area contributed by atoms with Crippen LogP contribution in [0, 0.1) is 0 Å². The summed E-state index contributed by atoms with van der Waals surface area (Å²) in [4.78, 5) is 6.42. The summed E-state index contributed by atoms with van der Waals surface area (Å²) in [5.74, 6) is 0.598. The van der Waals surface area contributed by atoms with Gasteiger partial charge in [-0.2, -0.15) is 0 Å². The van der Waals surface area contributed by atoms with Crippen LogP contribution in [-0.4, -0.2) is 23.4 Å². The average molecular weight is 317 g/mol. The van der Waals surface area contributed by atoms with Crippen LogP contribution in [0.3, 0.4) is 0 Å². The summed E-state index contributed by atoms with van der Waals surface area (Å²) in [6.45, 7) is 4.87. The molecule has 0 aliphatic carbocycles. The van der Waals surface area contributed by atoms with E-state index < -0.39 is 0 Å². The van der Waals surface area contributed by atoms with Crippen LogP contribution in [0.25, 0.3) is 0 Å². The molecule has 0 spiro atoms. The second kappa shape index (κ2) is 4.86. The second-order valence-electron chi connectivity index (χ2n) is 4.38. The summed E-state index contributed by atoms with van der Waals surface area (Å²) < 4.78 is 1.02. The fraction of sp³-hybridized carbons (Fsp3) is 0.417. The first-order valence-electron chi connectivity index (χ1n) is 5.54. The monoisotopic (exact) mass is 315 g/mol. The third-order valence-electron chi connectivity index (χ3n) is 2.90. The van der Waals surface area contributed by atoms with Gasteiger partial charge in [0.1, 0.15) is 0 Å². The zero-order valence-corrected chi connectivity index (χ0v) is 12.2. The quantitative estimate of drug-likeness (QED) is 0.910. The Bertz CT molecular complexity index is 459. The molecular formula is C12H15BrClN3. The van der Waals surface area contributed by atoms with Gasteiger partial charge in [0.15, 0.2) is 5.96 Å². The number of aliphatic imine (C=N–C) groups is 1. The van der Waals surface area contributed by atoms with E-state index in [0.717, 1.165) is 15.1 Å². The molecule has 1 unspecified atom stereocenters. The number of guanidine groups is 1. The number of hydrogen-bond donors (Lipinski definition) is 1. The molecule has 1 heterocycles. The molecule has 3 nitrogen and oxygen atoms in total. The van der Waals surface area contributed by atoms with Gasteiger partial charge in [0.05, 0.1) is 12.6 Å². The fourth-order valence-electron chi connectivity index (χ4n) is 2.15. The van der Waals surface area contributed by atoms with Crippen molar-refractivity contribution >= 4 is 33.5 Å². The molecule has 1 atom stereocenters. The van der Waals surface area contributed by atoms with Gasteiger partial charge in [-0.3, -0.25) is 4.99 Å². The van der Waals surface area contributed by atoms with Crippen molar-refractivity contribution in [2.75, 3.05) is 6.54 Å². The largest absolute Gasteiger partial charge is 0.370 e. The maximum absolute atomic E-state index is 6.25. The van der Waals surface area contributed by atoms with E-state index >= 15 is 0 Å². The van der Waals surface area contributed by atoms with Crippen molar-refractivity contribution in [2.24, 2.45) is 10.7 Å². The van der Waals surface area contributed by atoms with Gasteiger partial charge in [-0.05, 0) is 37.6 Å². The highest BCUT2D eigenvalue weighted by Crippen LogP contribution is 2.33. The van der Waals surface area contributed by atoms with Gasteiger partial charge < -0.3 is 10.6 Å². The summed E-state index contributed by atoms with van der Waals surface area (Å²) in [5.41, 5.74) is 6.99. The van der Waals surface area contributed by atoms with E-state index in [1.54, 1.807) is 0 Å². The standard InChI is InChI=1S/C12H15BrClN3/c1-7(2)17-11(6-16-12(17)15)9-5-8(13)3-4-10(9)14/h3-5,7,11H,6H2,1-2H3,(H2,15,16). The van der Waals surface area contributed by atoms with Gasteiger partial charge in [-0.15, -0.1) is 0 Å². The molecule has 2 rings (SSSR count). The van der Waals surface area contributed by atoms with Crippen LogP contribution >= 0.6 is 27.5 Å². The molecule has 1 aromatic rings. The first-order chi connectivity index (χ1) is 8.00. The molecule has 17 heavy (non-hydrogen) atoms. The topological polar surface area (TPSA) is 41.6 Å². The molecular weight excluding hydrogens is 302 g/mol. The smallest absolute Gasteiger partial charge is 0.192 e. The summed E-state index contributed by atoms with van der Waals surface area (Å²) in [6, 6.07) is 6.32. The van der Waals surface area contributed by atoms with Crippen LogP contribution in [0.2, 0.25) is 5.02 Å². The normalized spacial score (nSPS) is 19.9. The van der Waals surface area contributed by atoms with Gasteiger partial charge in [0.25, 0.3) is 0 Å². The Morgan fingerprint density at radius 3 is 2.88 bits per heavy atom. The summed E-state index contributed by atoms with van der Waals surface area (Å²) in [6.07, 6.45) is 0. The number of halogens is 2. The predicted molar refractivity (Wildman–Crippen MR) is 75.4 cm³/mol. The Kier molecular flexibility index (Phi) is 3.64. The Morgan fingerprint density at radius 2 is 2.24 bits per heavy atom. The van der Waals surface area contributed by atoms with Crippen molar-refractivity contribution in [3.8, 4) is 0 Å². The molecule has 1 aliphatic rings. The number of nitrogens with two attached hydrogens (primary N) is 1. The molecule has 0 aromatic heterocycles. The molecule has 0 saturated carbocycles. The molecule has 0 amide bonds. The lowest BCUT2D eigenvalue weighted by Crippen LogP contribution is -2.41.